The minimum Gasteiger partial charge on any atom is -0.465 e. The van der Waals surface area contributed by atoms with Crippen molar-refractivity contribution in [1.29, 1.82) is 0 Å². The normalized spacial score (nSPS) is 10.1. The lowest BCUT2D eigenvalue weighted by atomic mass is 10.1. The number of ketones is 1. The summed E-state index contributed by atoms with van der Waals surface area (Å²) < 4.78 is 4.62. The lowest BCUT2D eigenvalue weighted by molar-refractivity contribution is 0.0600. The zero-order valence-electron chi connectivity index (χ0n) is 12.2. The number of hydrogen-bond donors (Lipinski definition) is 1. The molecule has 6 heteroatoms. The van der Waals surface area contributed by atoms with E-state index in [1.165, 1.54) is 25.4 Å². The average Bonchev–Trinajstić information content (AvgIpc) is 3.02. The number of Topliss-reactive ketones (excluding diaryl/α,β-unsaturated/α-hetero) is 1. The molecule has 1 N–H and O–H groups in total. The zero-order valence-corrected chi connectivity index (χ0v) is 13.0. The van der Waals surface area contributed by atoms with Gasteiger partial charge in [-0.25, -0.2) is 4.79 Å². The van der Waals surface area contributed by atoms with E-state index < -0.39 is 5.97 Å². The van der Waals surface area contributed by atoms with Crippen LogP contribution in [0.1, 0.15) is 42.2 Å². The topological polar surface area (TPSA) is 72.5 Å². The molecule has 0 unspecified atom stereocenters. The van der Waals surface area contributed by atoms with Crippen molar-refractivity contribution in [1.82, 2.24) is 5.32 Å². The van der Waals surface area contributed by atoms with Gasteiger partial charge in [-0.3, -0.25) is 9.59 Å². The average molecular weight is 317 g/mol. The molecule has 0 aliphatic carbocycles. The lowest BCUT2D eigenvalue weighted by Crippen LogP contribution is -2.21. The molecule has 0 saturated carbocycles. The first-order chi connectivity index (χ1) is 10.5. The first-order valence-corrected chi connectivity index (χ1v) is 7.39. The number of thiophene rings is 1. The summed E-state index contributed by atoms with van der Waals surface area (Å²) in [7, 11) is 1.33. The monoisotopic (exact) mass is 317 g/mol. The van der Waals surface area contributed by atoms with Gasteiger partial charge in [-0.05, 0) is 36.8 Å². The first kappa shape index (κ1) is 15.9. The largest absolute Gasteiger partial charge is 0.465 e. The highest BCUT2D eigenvalue weighted by Gasteiger charge is 2.11. The third kappa shape index (κ3) is 3.79. The van der Waals surface area contributed by atoms with Crippen molar-refractivity contribution in [3.63, 3.8) is 0 Å². The van der Waals surface area contributed by atoms with Crippen LogP contribution in [-0.4, -0.2) is 24.8 Å². The molecule has 2 aromatic rings. The van der Waals surface area contributed by atoms with Gasteiger partial charge < -0.3 is 10.1 Å². The predicted octanol–water partition coefficient (Wildman–Crippen LogP) is 2.67. The minimum atomic E-state index is -0.397. The summed E-state index contributed by atoms with van der Waals surface area (Å²) in [4.78, 5) is 35.6. The summed E-state index contributed by atoms with van der Waals surface area (Å²) in [5, 5.41) is 2.77. The number of carbonyl (C=O) groups excluding carboxylic acids is 3. The molecule has 0 aliphatic heterocycles. The van der Waals surface area contributed by atoms with Gasteiger partial charge in [0, 0.05) is 6.54 Å². The number of ether oxygens (including phenoxy) is 1. The number of nitrogens with one attached hydrogen (secondary N) is 1. The fraction of sp³-hybridized carbons (Fsp3) is 0.188. The van der Waals surface area contributed by atoms with Crippen LogP contribution < -0.4 is 5.32 Å². The third-order valence-electron chi connectivity index (χ3n) is 3.00. The molecule has 0 atom stereocenters. The maximum absolute atomic E-state index is 12.0. The second kappa shape index (κ2) is 7.00. The van der Waals surface area contributed by atoms with Gasteiger partial charge in [-0.1, -0.05) is 12.1 Å². The van der Waals surface area contributed by atoms with E-state index in [2.05, 4.69) is 10.1 Å². The van der Waals surface area contributed by atoms with E-state index in [1.807, 2.05) is 0 Å². The molecule has 0 fully saturated rings. The van der Waals surface area contributed by atoms with Crippen molar-refractivity contribution in [2.75, 3.05) is 7.11 Å². The molecule has 0 bridgehead atoms. The summed E-state index contributed by atoms with van der Waals surface area (Å²) in [6, 6.07) is 10.1. The van der Waals surface area contributed by atoms with Crippen LogP contribution in [-0.2, 0) is 11.3 Å². The van der Waals surface area contributed by atoms with Crippen LogP contribution >= 0.6 is 11.3 Å². The van der Waals surface area contributed by atoms with Crippen molar-refractivity contribution < 1.29 is 19.1 Å². The van der Waals surface area contributed by atoms with E-state index >= 15 is 0 Å². The second-order valence-electron chi connectivity index (χ2n) is 4.59. The summed E-state index contributed by atoms with van der Waals surface area (Å²) in [5.74, 6) is -0.678. The van der Waals surface area contributed by atoms with Crippen LogP contribution in [0.5, 0.6) is 0 Å². The Morgan fingerprint density at radius 1 is 1.05 bits per heavy atom. The number of carbonyl (C=O) groups is 3. The lowest BCUT2D eigenvalue weighted by Gasteiger charge is -2.05. The van der Waals surface area contributed by atoms with Gasteiger partial charge in [-0.15, -0.1) is 11.3 Å². The van der Waals surface area contributed by atoms with Crippen LogP contribution in [0.4, 0.5) is 0 Å². The highest BCUT2D eigenvalue weighted by Crippen LogP contribution is 2.17. The van der Waals surface area contributed by atoms with Crippen LogP contribution in [0.3, 0.4) is 0 Å². The molecule has 1 amide bonds. The SMILES string of the molecule is COC(=O)c1ccc(CNC(=O)c2ccc(C(C)=O)s2)cc1. The highest BCUT2D eigenvalue weighted by molar-refractivity contribution is 7.15. The first-order valence-electron chi connectivity index (χ1n) is 6.57. The third-order valence-corrected chi connectivity index (χ3v) is 4.19. The predicted molar refractivity (Wildman–Crippen MR) is 83.3 cm³/mol. The molecule has 2 rings (SSSR count). The number of hydrogen-bond acceptors (Lipinski definition) is 5. The number of esters is 1. The van der Waals surface area contributed by atoms with E-state index in [0.717, 1.165) is 5.56 Å². The number of amides is 1. The Labute approximate surface area is 131 Å². The van der Waals surface area contributed by atoms with E-state index in [-0.39, 0.29) is 11.7 Å². The van der Waals surface area contributed by atoms with Gasteiger partial charge in [0.25, 0.3) is 5.91 Å². The standard InChI is InChI=1S/C16H15NO4S/c1-10(18)13-7-8-14(22-13)15(19)17-9-11-3-5-12(6-4-11)16(20)21-2/h3-8H,9H2,1-2H3,(H,17,19). The fourth-order valence-electron chi connectivity index (χ4n) is 1.80. The molecule has 1 aromatic carbocycles. The molecule has 5 nitrogen and oxygen atoms in total. The molecule has 1 aromatic heterocycles. The van der Waals surface area contributed by atoms with Crippen LogP contribution in [0, 0.1) is 0 Å². The van der Waals surface area contributed by atoms with E-state index in [1.54, 1.807) is 36.4 Å². The van der Waals surface area contributed by atoms with Gasteiger partial charge >= 0.3 is 5.97 Å². The summed E-state index contributed by atoms with van der Waals surface area (Å²) in [5.41, 5.74) is 1.33. The Morgan fingerprint density at radius 3 is 2.23 bits per heavy atom. The Kier molecular flexibility index (Phi) is 5.06. The molecule has 0 saturated heterocycles. The summed E-state index contributed by atoms with van der Waals surface area (Å²) in [6.45, 7) is 1.81. The van der Waals surface area contributed by atoms with E-state index in [0.29, 0.717) is 21.9 Å². The van der Waals surface area contributed by atoms with Crippen molar-refractivity contribution in [2.45, 2.75) is 13.5 Å². The molecule has 1 heterocycles. The number of benzene rings is 1. The van der Waals surface area contributed by atoms with Gasteiger partial charge in [-0.2, -0.15) is 0 Å². The Balaban J connectivity index is 1.95. The van der Waals surface area contributed by atoms with Crippen molar-refractivity contribution in [3.8, 4) is 0 Å². The smallest absolute Gasteiger partial charge is 0.337 e. The highest BCUT2D eigenvalue weighted by atomic mass is 32.1. The molecule has 0 spiro atoms. The van der Waals surface area contributed by atoms with E-state index in [9.17, 15) is 14.4 Å². The maximum Gasteiger partial charge on any atom is 0.337 e. The molecule has 114 valence electrons. The maximum atomic E-state index is 12.0. The van der Waals surface area contributed by atoms with Gasteiger partial charge in [0.1, 0.15) is 0 Å². The van der Waals surface area contributed by atoms with Crippen LogP contribution in [0.2, 0.25) is 0 Å². The number of methoxy groups -OCH3 is 1. The van der Waals surface area contributed by atoms with Crippen molar-refractivity contribution in [3.05, 3.63) is 57.3 Å². The van der Waals surface area contributed by atoms with Gasteiger partial charge in [0.05, 0.1) is 22.4 Å². The summed E-state index contributed by atoms with van der Waals surface area (Å²) >= 11 is 1.17. The fourth-order valence-corrected chi connectivity index (χ4v) is 2.61. The van der Waals surface area contributed by atoms with Crippen LogP contribution in [0.25, 0.3) is 0 Å². The van der Waals surface area contributed by atoms with Gasteiger partial charge in [0.2, 0.25) is 0 Å². The van der Waals surface area contributed by atoms with E-state index in [4.69, 9.17) is 0 Å². The number of rotatable bonds is 5. The quantitative estimate of drug-likeness (QED) is 0.680. The Bertz CT molecular complexity index is 703. The zero-order chi connectivity index (χ0) is 16.1. The van der Waals surface area contributed by atoms with Crippen molar-refractivity contribution in [2.24, 2.45) is 0 Å². The molecular weight excluding hydrogens is 302 g/mol. The molecular formula is C16H15NO4S. The molecule has 0 radical (unpaired) electrons. The van der Waals surface area contributed by atoms with Crippen molar-refractivity contribution >= 4 is 29.0 Å². The Hall–Kier alpha value is -2.47. The molecule has 0 aliphatic rings. The Morgan fingerprint density at radius 2 is 1.68 bits per heavy atom. The summed E-state index contributed by atoms with van der Waals surface area (Å²) in [6.07, 6.45) is 0. The molecule has 22 heavy (non-hydrogen) atoms. The second-order valence-corrected chi connectivity index (χ2v) is 5.68. The minimum absolute atomic E-state index is 0.0533. The van der Waals surface area contributed by atoms with Gasteiger partial charge in [0.15, 0.2) is 5.78 Å². The van der Waals surface area contributed by atoms with Crippen LogP contribution in [0.15, 0.2) is 36.4 Å².